The molecule has 1 aromatic carbocycles. The van der Waals surface area contributed by atoms with Gasteiger partial charge in [0.2, 0.25) is 5.91 Å². The Balaban J connectivity index is 1.63. The topological polar surface area (TPSA) is 94.0 Å². The quantitative estimate of drug-likeness (QED) is 0.619. The predicted octanol–water partition coefficient (Wildman–Crippen LogP) is 3.43. The molecule has 3 unspecified atom stereocenters. The van der Waals surface area contributed by atoms with E-state index in [9.17, 15) is 13.2 Å². The van der Waals surface area contributed by atoms with Gasteiger partial charge in [0.25, 0.3) is 0 Å². The summed E-state index contributed by atoms with van der Waals surface area (Å²) in [5.74, 6) is 1.61. The van der Waals surface area contributed by atoms with E-state index in [1.807, 2.05) is 36.7 Å². The molecule has 0 saturated carbocycles. The molecule has 1 saturated heterocycles. The summed E-state index contributed by atoms with van der Waals surface area (Å²) in [7, 11) is -1.04. The SMILES string of the molecule is CCC(C)c1ccccc1NC(=O)C(C)Sc1nnc(CC2CCS(=O)(=O)C2)n1C. The maximum absolute atomic E-state index is 12.8. The lowest BCUT2D eigenvalue weighted by molar-refractivity contribution is -0.115. The van der Waals surface area contributed by atoms with E-state index >= 15 is 0 Å². The van der Waals surface area contributed by atoms with Crippen LogP contribution >= 0.6 is 11.8 Å². The van der Waals surface area contributed by atoms with Gasteiger partial charge < -0.3 is 9.88 Å². The molecule has 1 amide bonds. The zero-order valence-electron chi connectivity index (χ0n) is 18.0. The van der Waals surface area contributed by atoms with Gasteiger partial charge in [-0.15, -0.1) is 10.2 Å². The summed E-state index contributed by atoms with van der Waals surface area (Å²) >= 11 is 1.36. The number of nitrogens with one attached hydrogen (secondary N) is 1. The van der Waals surface area contributed by atoms with Crippen LogP contribution in [-0.2, 0) is 28.1 Å². The zero-order valence-corrected chi connectivity index (χ0v) is 19.6. The molecule has 0 bridgehead atoms. The molecule has 2 aromatic rings. The number of aromatic nitrogens is 3. The van der Waals surface area contributed by atoms with Gasteiger partial charge in [0.15, 0.2) is 15.0 Å². The average molecular weight is 451 g/mol. The number of carbonyl (C=O) groups excluding carboxylic acids is 1. The van der Waals surface area contributed by atoms with Crippen molar-refractivity contribution in [1.82, 2.24) is 14.8 Å². The van der Waals surface area contributed by atoms with Gasteiger partial charge >= 0.3 is 0 Å². The number of para-hydroxylation sites is 1. The van der Waals surface area contributed by atoms with Gasteiger partial charge in [0.1, 0.15) is 5.82 Å². The molecular weight excluding hydrogens is 420 g/mol. The zero-order chi connectivity index (χ0) is 21.9. The van der Waals surface area contributed by atoms with E-state index in [2.05, 4.69) is 35.4 Å². The van der Waals surface area contributed by atoms with Gasteiger partial charge in [0.05, 0.1) is 16.8 Å². The molecule has 0 aliphatic carbocycles. The number of hydrogen-bond acceptors (Lipinski definition) is 6. The lowest BCUT2D eigenvalue weighted by Crippen LogP contribution is -2.23. The van der Waals surface area contributed by atoms with E-state index in [1.54, 1.807) is 0 Å². The molecule has 0 radical (unpaired) electrons. The van der Waals surface area contributed by atoms with Crippen LogP contribution in [0.25, 0.3) is 0 Å². The molecule has 1 aromatic heterocycles. The van der Waals surface area contributed by atoms with Crippen LogP contribution in [0.5, 0.6) is 0 Å². The third-order valence-corrected chi connectivity index (χ3v) is 8.71. The minimum atomic E-state index is -2.91. The number of rotatable bonds is 8. The number of nitrogens with zero attached hydrogens (tertiary/aromatic N) is 3. The van der Waals surface area contributed by atoms with Crippen molar-refractivity contribution in [1.29, 1.82) is 0 Å². The molecule has 0 spiro atoms. The summed E-state index contributed by atoms with van der Waals surface area (Å²) in [5, 5.41) is 11.8. The van der Waals surface area contributed by atoms with Crippen LogP contribution in [0.3, 0.4) is 0 Å². The number of hydrogen-bond donors (Lipinski definition) is 1. The summed E-state index contributed by atoms with van der Waals surface area (Å²) in [4.78, 5) is 12.8. The number of benzene rings is 1. The second-order valence-corrected chi connectivity index (χ2v) is 11.6. The van der Waals surface area contributed by atoms with E-state index < -0.39 is 9.84 Å². The average Bonchev–Trinajstić information content (AvgIpc) is 3.23. The fourth-order valence-corrected chi connectivity index (χ4v) is 6.32. The van der Waals surface area contributed by atoms with Crippen LogP contribution in [0, 0.1) is 5.92 Å². The van der Waals surface area contributed by atoms with Crippen molar-refractivity contribution in [3.63, 3.8) is 0 Å². The maximum atomic E-state index is 12.8. The van der Waals surface area contributed by atoms with Crippen molar-refractivity contribution in [3.05, 3.63) is 35.7 Å². The third kappa shape index (κ3) is 5.43. The third-order valence-electron chi connectivity index (χ3n) is 5.74. The van der Waals surface area contributed by atoms with Crippen molar-refractivity contribution < 1.29 is 13.2 Å². The lowest BCUT2D eigenvalue weighted by atomic mass is 9.97. The van der Waals surface area contributed by atoms with Crippen LogP contribution in [-0.4, -0.2) is 45.8 Å². The molecule has 3 rings (SSSR count). The van der Waals surface area contributed by atoms with Gasteiger partial charge in [-0.1, -0.05) is 43.8 Å². The molecule has 3 atom stereocenters. The molecule has 2 heterocycles. The highest BCUT2D eigenvalue weighted by Crippen LogP contribution is 2.29. The van der Waals surface area contributed by atoms with E-state index in [0.717, 1.165) is 23.5 Å². The smallest absolute Gasteiger partial charge is 0.237 e. The maximum Gasteiger partial charge on any atom is 0.237 e. The number of sulfone groups is 1. The minimum Gasteiger partial charge on any atom is -0.325 e. The highest BCUT2D eigenvalue weighted by Gasteiger charge is 2.29. The summed E-state index contributed by atoms with van der Waals surface area (Å²) in [6.07, 6.45) is 2.26. The van der Waals surface area contributed by atoms with Gasteiger partial charge in [-0.25, -0.2) is 8.42 Å². The Labute approximate surface area is 183 Å². The molecule has 30 heavy (non-hydrogen) atoms. The Bertz CT molecular complexity index is 1000. The van der Waals surface area contributed by atoms with Crippen LogP contribution in [0.4, 0.5) is 5.69 Å². The molecule has 1 fully saturated rings. The Kier molecular flexibility index (Phi) is 7.23. The van der Waals surface area contributed by atoms with E-state index in [0.29, 0.717) is 23.9 Å². The van der Waals surface area contributed by atoms with Gasteiger partial charge in [-0.05, 0) is 43.2 Å². The van der Waals surface area contributed by atoms with Crippen LogP contribution in [0.1, 0.15) is 50.9 Å². The van der Waals surface area contributed by atoms with Crippen molar-refractivity contribution in [2.24, 2.45) is 13.0 Å². The second-order valence-electron chi connectivity index (χ2n) is 8.08. The monoisotopic (exact) mass is 450 g/mol. The molecule has 7 nitrogen and oxygen atoms in total. The first kappa shape index (κ1) is 22.8. The molecular formula is C21H30N4O3S2. The minimum absolute atomic E-state index is 0.0813. The number of amides is 1. The predicted molar refractivity (Wildman–Crippen MR) is 121 cm³/mol. The summed E-state index contributed by atoms with van der Waals surface area (Å²) in [5.41, 5.74) is 1.99. The molecule has 9 heteroatoms. The summed E-state index contributed by atoms with van der Waals surface area (Å²) < 4.78 is 25.2. The van der Waals surface area contributed by atoms with Crippen LogP contribution in [0.15, 0.2) is 29.4 Å². The first-order valence-electron chi connectivity index (χ1n) is 10.3. The normalized spacial score (nSPS) is 20.1. The lowest BCUT2D eigenvalue weighted by Gasteiger charge is -2.17. The van der Waals surface area contributed by atoms with Crippen molar-refractivity contribution in [2.45, 2.75) is 56.4 Å². The molecule has 1 aliphatic rings. The van der Waals surface area contributed by atoms with Gasteiger partial charge in [-0.2, -0.15) is 0 Å². The van der Waals surface area contributed by atoms with E-state index in [1.165, 1.54) is 11.8 Å². The van der Waals surface area contributed by atoms with Crippen molar-refractivity contribution >= 4 is 33.2 Å². The van der Waals surface area contributed by atoms with Crippen molar-refractivity contribution in [2.75, 3.05) is 16.8 Å². The first-order valence-corrected chi connectivity index (χ1v) is 13.1. The Morgan fingerprint density at radius 2 is 2.03 bits per heavy atom. The van der Waals surface area contributed by atoms with Crippen LogP contribution < -0.4 is 5.32 Å². The largest absolute Gasteiger partial charge is 0.325 e. The highest BCUT2D eigenvalue weighted by molar-refractivity contribution is 8.00. The Morgan fingerprint density at radius 3 is 2.70 bits per heavy atom. The fraction of sp³-hybridized carbons (Fsp3) is 0.571. The number of carbonyl (C=O) groups is 1. The summed E-state index contributed by atoms with van der Waals surface area (Å²) in [6.45, 7) is 6.14. The first-order chi connectivity index (χ1) is 14.2. The van der Waals surface area contributed by atoms with Gasteiger partial charge in [0, 0.05) is 19.2 Å². The second kappa shape index (κ2) is 9.51. The van der Waals surface area contributed by atoms with E-state index in [-0.39, 0.29) is 28.6 Å². The highest BCUT2D eigenvalue weighted by atomic mass is 32.2. The molecule has 164 valence electrons. The Hall–Kier alpha value is -1.87. The van der Waals surface area contributed by atoms with Crippen LogP contribution in [0.2, 0.25) is 0 Å². The standard InChI is InChI=1S/C21H30N4O3S2/c1-5-14(2)17-8-6-7-9-18(17)22-20(26)15(3)29-21-24-23-19(25(21)4)12-16-10-11-30(27,28)13-16/h6-9,14-16H,5,10-13H2,1-4H3,(H,22,26). The number of anilines is 1. The van der Waals surface area contributed by atoms with Crippen molar-refractivity contribution in [3.8, 4) is 0 Å². The van der Waals surface area contributed by atoms with E-state index in [4.69, 9.17) is 0 Å². The molecule has 1 aliphatic heterocycles. The summed E-state index contributed by atoms with van der Waals surface area (Å²) in [6, 6.07) is 7.91. The molecule has 1 N–H and O–H groups in total. The fourth-order valence-electron chi connectivity index (χ4n) is 3.62. The van der Waals surface area contributed by atoms with Gasteiger partial charge in [-0.3, -0.25) is 4.79 Å². The Morgan fingerprint density at radius 1 is 1.30 bits per heavy atom. The number of thioether (sulfide) groups is 1.